The van der Waals surface area contributed by atoms with Crippen LogP contribution in [-0.4, -0.2) is 19.5 Å². The zero-order chi connectivity index (χ0) is 46.1. The van der Waals surface area contributed by atoms with Gasteiger partial charge in [-0.3, -0.25) is 0 Å². The van der Waals surface area contributed by atoms with E-state index in [-0.39, 0.29) is 0 Å². The molecule has 0 aliphatic carbocycles. The minimum absolute atomic E-state index is 0.606. The van der Waals surface area contributed by atoms with Crippen molar-refractivity contribution in [2.24, 2.45) is 0 Å². The van der Waals surface area contributed by atoms with Gasteiger partial charge in [0.15, 0.2) is 17.5 Å². The van der Waals surface area contributed by atoms with E-state index < -0.39 is 0 Å². The van der Waals surface area contributed by atoms with Gasteiger partial charge >= 0.3 is 0 Å². The molecule has 0 aliphatic rings. The highest BCUT2D eigenvalue weighted by Crippen LogP contribution is 2.47. The van der Waals surface area contributed by atoms with E-state index in [9.17, 15) is 0 Å². The summed E-state index contributed by atoms with van der Waals surface area (Å²) in [5.74, 6) is 1.84. The van der Waals surface area contributed by atoms with Crippen molar-refractivity contribution in [3.63, 3.8) is 0 Å². The first-order chi connectivity index (χ1) is 34.7. The van der Waals surface area contributed by atoms with Crippen molar-refractivity contribution in [3.8, 4) is 73.2 Å². The smallest absolute Gasteiger partial charge is 0.164 e. The third-order valence-electron chi connectivity index (χ3n) is 13.8. The van der Waals surface area contributed by atoms with Gasteiger partial charge in [0.05, 0.1) is 16.7 Å². The summed E-state index contributed by atoms with van der Waals surface area (Å²) in [5, 5.41) is 9.81. The molecule has 4 nitrogen and oxygen atoms in total. The van der Waals surface area contributed by atoms with Crippen molar-refractivity contribution in [1.29, 1.82) is 0 Å². The predicted molar refractivity (Wildman–Crippen MR) is 295 cm³/mol. The summed E-state index contributed by atoms with van der Waals surface area (Å²) in [6.07, 6.45) is 0. The summed E-state index contributed by atoms with van der Waals surface area (Å²) in [5.41, 5.74) is 13.0. The molecule has 326 valence electrons. The van der Waals surface area contributed by atoms with Gasteiger partial charge in [-0.25, -0.2) is 15.0 Å². The summed E-state index contributed by atoms with van der Waals surface area (Å²) < 4.78 is 5.01. The molecule has 70 heavy (non-hydrogen) atoms. The quantitative estimate of drug-likeness (QED) is 0.160. The van der Waals surface area contributed by atoms with Crippen LogP contribution in [0.15, 0.2) is 243 Å². The van der Waals surface area contributed by atoms with E-state index in [2.05, 4.69) is 229 Å². The predicted octanol–water partition coefficient (Wildman–Crippen LogP) is 17.6. The Morgan fingerprint density at radius 1 is 0.300 bits per heavy atom. The highest BCUT2D eigenvalue weighted by molar-refractivity contribution is 7.26. The number of fused-ring (bicyclic) bond motifs is 9. The number of benzene rings is 11. The summed E-state index contributed by atoms with van der Waals surface area (Å²) >= 11 is 1.87. The van der Waals surface area contributed by atoms with E-state index in [0.717, 1.165) is 50.1 Å². The molecule has 0 spiro atoms. The summed E-state index contributed by atoms with van der Waals surface area (Å²) in [6.45, 7) is 0. The van der Waals surface area contributed by atoms with E-state index in [1.54, 1.807) is 0 Å². The molecule has 11 aromatic carbocycles. The highest BCUT2D eigenvalue weighted by Gasteiger charge is 2.23. The fourth-order valence-electron chi connectivity index (χ4n) is 10.4. The first-order valence-corrected chi connectivity index (χ1v) is 24.5. The topological polar surface area (TPSA) is 43.6 Å². The van der Waals surface area contributed by atoms with E-state index in [0.29, 0.717) is 17.5 Å². The van der Waals surface area contributed by atoms with Crippen molar-refractivity contribution < 1.29 is 0 Å². The van der Waals surface area contributed by atoms with E-state index in [4.69, 9.17) is 15.0 Å². The molecule has 0 aliphatic heterocycles. The summed E-state index contributed by atoms with van der Waals surface area (Å²) in [4.78, 5) is 15.9. The van der Waals surface area contributed by atoms with Crippen LogP contribution < -0.4 is 0 Å². The van der Waals surface area contributed by atoms with E-state index in [1.165, 1.54) is 69.2 Å². The molecule has 0 unspecified atom stereocenters. The fourth-order valence-corrected chi connectivity index (χ4v) is 11.7. The lowest BCUT2D eigenvalue weighted by Crippen LogP contribution is -2.02. The average molecular weight is 909 g/mol. The van der Waals surface area contributed by atoms with Crippen LogP contribution in [-0.2, 0) is 0 Å². The van der Waals surface area contributed by atoms with Crippen LogP contribution in [0, 0.1) is 0 Å². The Morgan fingerprint density at radius 3 is 1.59 bits per heavy atom. The number of nitrogens with zero attached hydrogens (tertiary/aromatic N) is 4. The van der Waals surface area contributed by atoms with Crippen molar-refractivity contribution in [1.82, 2.24) is 19.5 Å². The molecule has 3 heterocycles. The molecule has 5 heteroatoms. The first kappa shape index (κ1) is 40.1. The Bertz CT molecular complexity index is 4340. The fraction of sp³-hybridized carbons (Fsp3) is 0. The normalized spacial score (nSPS) is 11.7. The zero-order valence-corrected chi connectivity index (χ0v) is 38.6. The average Bonchev–Trinajstić information content (AvgIpc) is 3.99. The van der Waals surface area contributed by atoms with Crippen LogP contribution in [0.25, 0.3) is 137 Å². The van der Waals surface area contributed by atoms with Crippen molar-refractivity contribution >= 4 is 74.9 Å². The van der Waals surface area contributed by atoms with Crippen LogP contribution in [0.4, 0.5) is 0 Å². The van der Waals surface area contributed by atoms with Crippen LogP contribution in [0.2, 0.25) is 0 Å². The van der Waals surface area contributed by atoms with Crippen molar-refractivity contribution in [3.05, 3.63) is 243 Å². The molecule has 0 bridgehead atoms. The minimum Gasteiger partial charge on any atom is -0.309 e. The Labute approximate surface area is 408 Å². The lowest BCUT2D eigenvalue weighted by atomic mass is 9.93. The van der Waals surface area contributed by atoms with Crippen LogP contribution in [0.1, 0.15) is 0 Å². The standard InChI is InChI=1S/C65H40N4S/c1-3-16-41(17-4-1)42-30-32-43(33-31-42)45-23-15-24-49(36-45)64-66-63(44-18-5-2-6-19-44)67-65(68-64)50-34-35-58(69-57-28-13-11-26-52(57)54-37-46-20-7-8-21-47(46)40-59(54)69)55(39-50)56-38-48-22-9-10-25-51(48)62-61(56)53-27-12-14-29-60(53)70-62/h1-40H. The Balaban J connectivity index is 1.02. The third kappa shape index (κ3) is 6.70. The number of hydrogen-bond acceptors (Lipinski definition) is 4. The SMILES string of the molecule is c1ccc(-c2ccc(-c3cccc(-c4nc(-c5ccccc5)nc(-c5ccc(-n6c7ccccc7c7cc8ccccc8cc76)c(-c6cc7ccccc7c7sc8ccccc8c67)c5)n4)c3)cc2)cc1. The minimum atomic E-state index is 0.606. The molecule has 0 N–H and O–H groups in total. The van der Waals surface area contributed by atoms with E-state index >= 15 is 0 Å². The Hall–Kier alpha value is -9.03. The molecular weight excluding hydrogens is 869 g/mol. The maximum Gasteiger partial charge on any atom is 0.164 e. The van der Waals surface area contributed by atoms with Gasteiger partial charge in [-0.1, -0.05) is 188 Å². The van der Waals surface area contributed by atoms with Gasteiger partial charge in [-0.05, 0) is 104 Å². The Morgan fingerprint density at radius 2 is 0.829 bits per heavy atom. The molecule has 0 saturated carbocycles. The molecule has 0 atom stereocenters. The largest absolute Gasteiger partial charge is 0.309 e. The second-order valence-corrected chi connectivity index (χ2v) is 19.0. The second kappa shape index (κ2) is 16.3. The molecule has 14 rings (SSSR count). The van der Waals surface area contributed by atoms with Crippen LogP contribution in [0.3, 0.4) is 0 Å². The zero-order valence-electron chi connectivity index (χ0n) is 37.8. The number of hydrogen-bond donors (Lipinski definition) is 0. The maximum absolute atomic E-state index is 5.37. The van der Waals surface area contributed by atoms with Gasteiger partial charge in [0.1, 0.15) is 0 Å². The third-order valence-corrected chi connectivity index (χ3v) is 15.0. The van der Waals surface area contributed by atoms with Crippen LogP contribution in [0.5, 0.6) is 0 Å². The van der Waals surface area contributed by atoms with Gasteiger partial charge in [0.25, 0.3) is 0 Å². The molecule has 3 aromatic heterocycles. The van der Waals surface area contributed by atoms with Gasteiger partial charge in [0.2, 0.25) is 0 Å². The number of aromatic nitrogens is 4. The van der Waals surface area contributed by atoms with Gasteiger partial charge in [-0.15, -0.1) is 11.3 Å². The number of rotatable bonds is 7. The second-order valence-electron chi connectivity index (χ2n) is 17.9. The molecule has 0 amide bonds. The maximum atomic E-state index is 5.37. The monoisotopic (exact) mass is 908 g/mol. The molecule has 0 radical (unpaired) electrons. The Kier molecular flexibility index (Phi) is 9.36. The van der Waals surface area contributed by atoms with Crippen molar-refractivity contribution in [2.45, 2.75) is 0 Å². The lowest BCUT2D eigenvalue weighted by molar-refractivity contribution is 1.07. The van der Waals surface area contributed by atoms with Crippen LogP contribution >= 0.6 is 11.3 Å². The van der Waals surface area contributed by atoms with E-state index in [1.807, 2.05) is 29.5 Å². The number of thiophene rings is 1. The van der Waals surface area contributed by atoms with Gasteiger partial charge in [0, 0.05) is 53.2 Å². The number of para-hydroxylation sites is 1. The van der Waals surface area contributed by atoms with Gasteiger partial charge in [-0.2, -0.15) is 0 Å². The lowest BCUT2D eigenvalue weighted by Gasteiger charge is -2.18. The molecule has 0 saturated heterocycles. The highest BCUT2D eigenvalue weighted by atomic mass is 32.1. The molecular formula is C65H40N4S. The first-order valence-electron chi connectivity index (χ1n) is 23.7. The van der Waals surface area contributed by atoms with Crippen molar-refractivity contribution in [2.75, 3.05) is 0 Å². The summed E-state index contributed by atoms with van der Waals surface area (Å²) in [7, 11) is 0. The summed E-state index contributed by atoms with van der Waals surface area (Å²) in [6, 6.07) is 87.1. The molecule has 14 aromatic rings. The van der Waals surface area contributed by atoms with Gasteiger partial charge < -0.3 is 4.57 Å². The molecule has 0 fully saturated rings.